The molecule has 0 heterocycles. The molecule has 78 valence electrons. The van der Waals surface area contributed by atoms with Gasteiger partial charge in [-0.3, -0.25) is 0 Å². The lowest BCUT2D eigenvalue weighted by molar-refractivity contribution is 0.371. The van der Waals surface area contributed by atoms with Gasteiger partial charge >= 0.3 is 0 Å². The fraction of sp³-hybridized carbons (Fsp3) is 0.167. The Morgan fingerprint density at radius 3 is 2.40 bits per heavy atom. The first-order valence-electron chi connectivity index (χ1n) is 4.80. The highest BCUT2D eigenvalue weighted by Gasteiger charge is 2.10. The van der Waals surface area contributed by atoms with E-state index in [1.807, 2.05) is 19.1 Å². The minimum atomic E-state index is -0.466. The molecular formula is C12H12O3. The molecule has 2 aromatic carbocycles. The van der Waals surface area contributed by atoms with Crippen molar-refractivity contribution in [3.63, 3.8) is 0 Å². The number of hydrogen-bond donors (Lipinski definition) is 3. The first kappa shape index (κ1) is 9.65. The Kier molecular flexibility index (Phi) is 2.15. The van der Waals surface area contributed by atoms with E-state index >= 15 is 0 Å². The Morgan fingerprint density at radius 2 is 1.73 bits per heavy atom. The molecule has 0 bridgehead atoms. The van der Waals surface area contributed by atoms with Gasteiger partial charge in [0.25, 0.3) is 0 Å². The minimum Gasteiger partial charge on any atom is -0.504 e. The maximum atomic E-state index is 9.59. The van der Waals surface area contributed by atoms with E-state index in [4.69, 9.17) is 0 Å². The zero-order valence-corrected chi connectivity index (χ0v) is 8.36. The Hall–Kier alpha value is -1.90. The van der Waals surface area contributed by atoms with E-state index in [9.17, 15) is 15.3 Å². The van der Waals surface area contributed by atoms with Crippen LogP contribution in [0.15, 0.2) is 24.3 Å². The Bertz CT molecular complexity index is 518. The first-order valence-corrected chi connectivity index (χ1v) is 4.80. The maximum absolute atomic E-state index is 9.59. The summed E-state index contributed by atoms with van der Waals surface area (Å²) in [6.45, 7) is 2.03. The van der Waals surface area contributed by atoms with Crippen LogP contribution in [-0.4, -0.2) is 15.3 Å². The quantitative estimate of drug-likeness (QED) is 0.625. The third-order valence-corrected chi connectivity index (χ3v) is 2.54. The highest BCUT2D eigenvalue weighted by molar-refractivity contribution is 5.92. The van der Waals surface area contributed by atoms with Crippen LogP contribution in [-0.2, 0) is 6.42 Å². The van der Waals surface area contributed by atoms with Crippen molar-refractivity contribution in [3.05, 3.63) is 29.8 Å². The average molecular weight is 204 g/mol. The summed E-state index contributed by atoms with van der Waals surface area (Å²) in [5.41, 5.74) is 1.12. The van der Waals surface area contributed by atoms with Gasteiger partial charge in [0.2, 0.25) is 5.75 Å². The van der Waals surface area contributed by atoms with Crippen molar-refractivity contribution in [2.75, 3.05) is 0 Å². The zero-order chi connectivity index (χ0) is 11.0. The fourth-order valence-corrected chi connectivity index (χ4v) is 1.63. The monoisotopic (exact) mass is 204 g/mol. The van der Waals surface area contributed by atoms with Gasteiger partial charge < -0.3 is 15.3 Å². The van der Waals surface area contributed by atoms with Gasteiger partial charge in [-0.25, -0.2) is 0 Å². The Balaban J connectivity index is 2.80. The molecule has 0 atom stereocenters. The maximum Gasteiger partial charge on any atom is 0.200 e. The summed E-state index contributed by atoms with van der Waals surface area (Å²) >= 11 is 0. The number of phenols is 3. The number of fused-ring (bicyclic) bond motifs is 1. The summed E-state index contributed by atoms with van der Waals surface area (Å²) in [6.07, 6.45) is 0.887. The second-order valence-corrected chi connectivity index (χ2v) is 3.50. The first-order chi connectivity index (χ1) is 7.13. The third kappa shape index (κ3) is 1.46. The molecule has 0 unspecified atom stereocenters. The molecule has 0 aliphatic heterocycles. The molecule has 2 aromatic rings. The molecule has 0 spiro atoms. The van der Waals surface area contributed by atoms with Crippen LogP contribution >= 0.6 is 0 Å². The number of phenolic OH excluding ortho intramolecular Hbond substituents is 3. The average Bonchev–Trinajstić information content (AvgIpc) is 2.25. The Morgan fingerprint density at radius 1 is 1.00 bits per heavy atom. The fourth-order valence-electron chi connectivity index (χ4n) is 1.63. The van der Waals surface area contributed by atoms with Crippen LogP contribution in [0.1, 0.15) is 12.5 Å². The zero-order valence-electron chi connectivity index (χ0n) is 8.36. The molecule has 3 heteroatoms. The minimum absolute atomic E-state index is 0.271. The number of benzene rings is 2. The SMILES string of the molecule is CCc1ccc2c(O)c(O)c(O)cc2c1. The molecule has 3 nitrogen and oxygen atoms in total. The predicted octanol–water partition coefficient (Wildman–Crippen LogP) is 2.52. The summed E-state index contributed by atoms with van der Waals surface area (Å²) < 4.78 is 0. The molecule has 0 aromatic heterocycles. The predicted molar refractivity (Wildman–Crippen MR) is 58.3 cm³/mol. The lowest BCUT2D eigenvalue weighted by atomic mass is 10.0. The number of aromatic hydroxyl groups is 3. The summed E-state index contributed by atoms with van der Waals surface area (Å²) in [6, 6.07) is 6.96. The van der Waals surface area contributed by atoms with Crippen LogP contribution in [0.2, 0.25) is 0 Å². The second-order valence-electron chi connectivity index (χ2n) is 3.50. The molecule has 0 radical (unpaired) electrons. The van der Waals surface area contributed by atoms with E-state index in [-0.39, 0.29) is 11.5 Å². The van der Waals surface area contributed by atoms with E-state index in [0.29, 0.717) is 5.39 Å². The number of aryl methyl sites for hydroxylation is 1. The van der Waals surface area contributed by atoms with Gasteiger partial charge in [-0.05, 0) is 23.4 Å². The largest absolute Gasteiger partial charge is 0.504 e. The molecule has 0 amide bonds. The summed E-state index contributed by atoms with van der Waals surface area (Å²) in [5.74, 6) is -1.03. The van der Waals surface area contributed by atoms with E-state index in [1.165, 1.54) is 6.07 Å². The van der Waals surface area contributed by atoms with E-state index in [2.05, 4.69) is 0 Å². The molecule has 0 saturated carbocycles. The molecule has 0 saturated heterocycles. The molecule has 0 aliphatic carbocycles. The summed E-state index contributed by atoms with van der Waals surface area (Å²) in [4.78, 5) is 0. The van der Waals surface area contributed by atoms with Crippen molar-refractivity contribution < 1.29 is 15.3 Å². The van der Waals surface area contributed by atoms with Crippen molar-refractivity contribution in [3.8, 4) is 17.2 Å². The van der Waals surface area contributed by atoms with Gasteiger partial charge in [-0.1, -0.05) is 25.1 Å². The van der Waals surface area contributed by atoms with Crippen LogP contribution in [0.3, 0.4) is 0 Å². The lowest BCUT2D eigenvalue weighted by Gasteiger charge is -2.06. The van der Waals surface area contributed by atoms with Gasteiger partial charge in [0.1, 0.15) is 0 Å². The topological polar surface area (TPSA) is 60.7 Å². The van der Waals surface area contributed by atoms with Crippen molar-refractivity contribution in [1.82, 2.24) is 0 Å². The number of hydrogen-bond acceptors (Lipinski definition) is 3. The van der Waals surface area contributed by atoms with Crippen molar-refractivity contribution in [1.29, 1.82) is 0 Å². The van der Waals surface area contributed by atoms with Crippen molar-refractivity contribution in [2.45, 2.75) is 13.3 Å². The van der Waals surface area contributed by atoms with Crippen molar-refractivity contribution in [2.24, 2.45) is 0 Å². The van der Waals surface area contributed by atoms with Gasteiger partial charge in [-0.15, -0.1) is 0 Å². The third-order valence-electron chi connectivity index (χ3n) is 2.54. The molecule has 0 aliphatic rings. The standard InChI is InChI=1S/C12H12O3/c1-2-7-3-4-9-8(5-7)6-10(13)12(15)11(9)14/h3-6,13-15H,2H2,1H3. The highest BCUT2D eigenvalue weighted by atomic mass is 16.3. The van der Waals surface area contributed by atoms with Crippen LogP contribution in [0.25, 0.3) is 10.8 Å². The molecule has 0 fully saturated rings. The highest BCUT2D eigenvalue weighted by Crippen LogP contribution is 2.41. The van der Waals surface area contributed by atoms with Crippen LogP contribution in [0, 0.1) is 0 Å². The van der Waals surface area contributed by atoms with Gasteiger partial charge in [0, 0.05) is 5.39 Å². The number of rotatable bonds is 1. The smallest absolute Gasteiger partial charge is 0.200 e. The van der Waals surface area contributed by atoms with Gasteiger partial charge in [0.15, 0.2) is 11.5 Å². The van der Waals surface area contributed by atoms with Gasteiger partial charge in [-0.2, -0.15) is 0 Å². The van der Waals surface area contributed by atoms with E-state index < -0.39 is 5.75 Å². The van der Waals surface area contributed by atoms with E-state index in [0.717, 1.165) is 17.4 Å². The van der Waals surface area contributed by atoms with Crippen LogP contribution in [0.4, 0.5) is 0 Å². The molecule has 2 rings (SSSR count). The second kappa shape index (κ2) is 3.35. The van der Waals surface area contributed by atoms with Crippen molar-refractivity contribution >= 4 is 10.8 Å². The normalized spacial score (nSPS) is 10.7. The molecular weight excluding hydrogens is 192 g/mol. The Labute approximate surface area is 87.2 Å². The van der Waals surface area contributed by atoms with Crippen LogP contribution < -0.4 is 0 Å². The summed E-state index contributed by atoms with van der Waals surface area (Å²) in [7, 11) is 0. The van der Waals surface area contributed by atoms with Gasteiger partial charge in [0.05, 0.1) is 0 Å². The molecule has 15 heavy (non-hydrogen) atoms. The lowest BCUT2D eigenvalue weighted by Crippen LogP contribution is -1.82. The van der Waals surface area contributed by atoms with E-state index in [1.54, 1.807) is 6.07 Å². The summed E-state index contributed by atoms with van der Waals surface area (Å²) in [5, 5.41) is 29.5. The molecule has 3 N–H and O–H groups in total. The van der Waals surface area contributed by atoms with Crippen LogP contribution in [0.5, 0.6) is 17.2 Å².